The van der Waals surface area contributed by atoms with Crippen molar-refractivity contribution in [3.8, 4) is 45.2 Å². The molecule has 0 N–H and O–H groups in total. The Morgan fingerprint density at radius 2 is 0.667 bits per heavy atom. The van der Waals surface area contributed by atoms with E-state index in [-0.39, 0.29) is 0 Å². The predicted octanol–water partition coefficient (Wildman–Crippen LogP) is 14.4. The summed E-state index contributed by atoms with van der Waals surface area (Å²) < 4.78 is 12.0. The number of hydrogen-bond acceptors (Lipinski definition) is 5. The summed E-state index contributed by atoms with van der Waals surface area (Å²) in [7, 11) is 0. The van der Waals surface area contributed by atoms with E-state index in [9.17, 15) is 0 Å². The standard InChI is InChI=1S/C52H33N3O2/c1-2-8-41-32-43-33-46(30-25-42(43)31-40(41)7-1)55(44-26-21-36(22-27-44)34-13-17-38(18-14-34)51-53-47-9-3-5-11-49(47)56-51)45-28-23-37(24-29-45)35-15-19-39(20-16-35)52-54-48-10-4-6-12-50(48)57-52/h1-33H. The Hall–Kier alpha value is -7.76. The van der Waals surface area contributed by atoms with Gasteiger partial charge in [-0.1, -0.05) is 103 Å². The molecule has 5 heteroatoms. The summed E-state index contributed by atoms with van der Waals surface area (Å²) >= 11 is 0. The molecule has 0 radical (unpaired) electrons. The number of aromatic nitrogens is 2. The lowest BCUT2D eigenvalue weighted by atomic mass is 10.0. The maximum atomic E-state index is 6.01. The van der Waals surface area contributed by atoms with E-state index >= 15 is 0 Å². The fourth-order valence-corrected chi connectivity index (χ4v) is 7.72. The van der Waals surface area contributed by atoms with Gasteiger partial charge >= 0.3 is 0 Å². The average Bonchev–Trinajstić information content (AvgIpc) is 3.92. The molecule has 0 saturated heterocycles. The van der Waals surface area contributed by atoms with Crippen LogP contribution >= 0.6 is 0 Å². The zero-order chi connectivity index (χ0) is 37.7. The van der Waals surface area contributed by atoms with Crippen molar-refractivity contribution >= 4 is 60.8 Å². The number of rotatable bonds is 7. The van der Waals surface area contributed by atoms with Gasteiger partial charge in [0.15, 0.2) is 11.2 Å². The molecule has 0 aliphatic heterocycles. The van der Waals surface area contributed by atoms with Crippen LogP contribution in [0.5, 0.6) is 0 Å². The van der Waals surface area contributed by atoms with E-state index in [1.165, 1.54) is 21.5 Å². The third-order valence-electron chi connectivity index (χ3n) is 10.7. The fourth-order valence-electron chi connectivity index (χ4n) is 7.72. The molecule has 0 unspecified atom stereocenters. The number of benzene rings is 9. The summed E-state index contributed by atoms with van der Waals surface area (Å²) in [6.07, 6.45) is 0. The van der Waals surface area contributed by atoms with Crippen LogP contribution in [-0.2, 0) is 0 Å². The minimum Gasteiger partial charge on any atom is -0.436 e. The molecular weight excluding hydrogens is 699 g/mol. The van der Waals surface area contributed by atoms with E-state index in [0.29, 0.717) is 11.8 Å². The first-order valence-corrected chi connectivity index (χ1v) is 19.0. The van der Waals surface area contributed by atoms with Crippen LogP contribution in [0, 0.1) is 0 Å². The highest BCUT2D eigenvalue weighted by Gasteiger charge is 2.16. The van der Waals surface area contributed by atoms with Crippen molar-refractivity contribution in [1.29, 1.82) is 0 Å². The normalized spacial score (nSPS) is 11.5. The quantitative estimate of drug-likeness (QED) is 0.153. The van der Waals surface area contributed by atoms with E-state index in [4.69, 9.17) is 8.83 Å². The van der Waals surface area contributed by atoms with E-state index in [0.717, 1.165) is 72.6 Å². The van der Waals surface area contributed by atoms with Crippen molar-refractivity contribution in [2.24, 2.45) is 0 Å². The zero-order valence-corrected chi connectivity index (χ0v) is 30.7. The van der Waals surface area contributed by atoms with Crippen molar-refractivity contribution in [2.45, 2.75) is 0 Å². The molecular formula is C52H33N3O2. The molecule has 0 aliphatic carbocycles. The monoisotopic (exact) mass is 731 g/mol. The van der Waals surface area contributed by atoms with Gasteiger partial charge in [-0.05, 0) is 141 Å². The molecule has 57 heavy (non-hydrogen) atoms. The summed E-state index contributed by atoms with van der Waals surface area (Å²) in [4.78, 5) is 11.7. The van der Waals surface area contributed by atoms with Gasteiger partial charge in [-0.2, -0.15) is 0 Å². The Morgan fingerprint density at radius 3 is 1.14 bits per heavy atom. The number of fused-ring (bicyclic) bond motifs is 4. The average molecular weight is 732 g/mol. The SMILES string of the molecule is c1ccc2cc3cc(N(c4ccc(-c5ccc(-c6nc7ccccc7o6)cc5)cc4)c4ccc(-c5ccc(-c6nc7ccccc7o6)cc5)cc4)ccc3cc2c1. The summed E-state index contributed by atoms with van der Waals surface area (Å²) in [6.45, 7) is 0. The van der Waals surface area contributed by atoms with E-state index in [1.807, 2.05) is 48.5 Å². The second-order valence-electron chi connectivity index (χ2n) is 14.3. The lowest BCUT2D eigenvalue weighted by Crippen LogP contribution is -2.09. The topological polar surface area (TPSA) is 55.3 Å². The second-order valence-corrected chi connectivity index (χ2v) is 14.3. The van der Waals surface area contributed by atoms with Crippen LogP contribution in [-0.4, -0.2) is 9.97 Å². The first kappa shape index (κ1) is 32.7. The first-order valence-electron chi connectivity index (χ1n) is 19.0. The van der Waals surface area contributed by atoms with Gasteiger partial charge in [0.2, 0.25) is 11.8 Å². The largest absolute Gasteiger partial charge is 0.436 e. The lowest BCUT2D eigenvalue weighted by Gasteiger charge is -2.26. The van der Waals surface area contributed by atoms with Crippen molar-refractivity contribution in [2.75, 3.05) is 4.90 Å². The number of anilines is 3. The minimum atomic E-state index is 0.625. The van der Waals surface area contributed by atoms with Crippen molar-refractivity contribution in [3.63, 3.8) is 0 Å². The minimum absolute atomic E-state index is 0.625. The lowest BCUT2D eigenvalue weighted by molar-refractivity contribution is 0.619. The van der Waals surface area contributed by atoms with Gasteiger partial charge in [-0.25, -0.2) is 9.97 Å². The molecule has 0 spiro atoms. The molecule has 268 valence electrons. The molecule has 0 fully saturated rings. The maximum Gasteiger partial charge on any atom is 0.227 e. The summed E-state index contributed by atoms with van der Waals surface area (Å²) in [5, 5.41) is 4.88. The van der Waals surface area contributed by atoms with Crippen LogP contribution in [0.15, 0.2) is 209 Å². The highest BCUT2D eigenvalue weighted by Crippen LogP contribution is 2.39. The highest BCUT2D eigenvalue weighted by molar-refractivity contribution is 6.00. The van der Waals surface area contributed by atoms with Gasteiger partial charge in [-0.15, -0.1) is 0 Å². The molecule has 0 bridgehead atoms. The number of hydrogen-bond donors (Lipinski definition) is 0. The Balaban J connectivity index is 0.923. The van der Waals surface area contributed by atoms with Crippen molar-refractivity contribution in [1.82, 2.24) is 9.97 Å². The third-order valence-corrected chi connectivity index (χ3v) is 10.7. The van der Waals surface area contributed by atoms with Gasteiger partial charge in [0, 0.05) is 28.2 Å². The number of nitrogens with zero attached hydrogens (tertiary/aromatic N) is 3. The molecule has 0 saturated carbocycles. The zero-order valence-electron chi connectivity index (χ0n) is 30.7. The van der Waals surface area contributed by atoms with Crippen LogP contribution in [0.1, 0.15) is 0 Å². The van der Waals surface area contributed by atoms with Gasteiger partial charge in [0.1, 0.15) is 11.0 Å². The van der Waals surface area contributed by atoms with Crippen molar-refractivity contribution < 1.29 is 8.83 Å². The number of oxazole rings is 2. The molecule has 0 amide bonds. The maximum absolute atomic E-state index is 6.01. The van der Waals surface area contributed by atoms with Crippen molar-refractivity contribution in [3.05, 3.63) is 200 Å². The number of para-hydroxylation sites is 4. The first-order chi connectivity index (χ1) is 28.2. The molecule has 5 nitrogen and oxygen atoms in total. The smallest absolute Gasteiger partial charge is 0.227 e. The van der Waals surface area contributed by atoms with Crippen LogP contribution in [0.25, 0.3) is 88.9 Å². The molecule has 0 atom stereocenters. The van der Waals surface area contributed by atoms with Gasteiger partial charge in [-0.3, -0.25) is 0 Å². The Kier molecular flexibility index (Phi) is 7.74. The van der Waals surface area contributed by atoms with Gasteiger partial charge < -0.3 is 13.7 Å². The fraction of sp³-hybridized carbons (Fsp3) is 0. The molecule has 0 aliphatic rings. The van der Waals surface area contributed by atoms with Crippen LogP contribution in [0.4, 0.5) is 17.1 Å². The molecule has 11 rings (SSSR count). The van der Waals surface area contributed by atoms with Gasteiger partial charge in [0.25, 0.3) is 0 Å². The summed E-state index contributed by atoms with van der Waals surface area (Å²) in [5.41, 5.74) is 12.9. The highest BCUT2D eigenvalue weighted by atomic mass is 16.4. The Morgan fingerprint density at radius 1 is 0.298 bits per heavy atom. The van der Waals surface area contributed by atoms with Crippen LogP contribution < -0.4 is 4.90 Å². The molecule has 9 aromatic carbocycles. The van der Waals surface area contributed by atoms with E-state index < -0.39 is 0 Å². The van der Waals surface area contributed by atoms with E-state index in [1.54, 1.807) is 0 Å². The molecule has 2 heterocycles. The second kappa shape index (κ2) is 13.5. The molecule has 2 aromatic heterocycles. The Labute approximate surface area is 328 Å². The third kappa shape index (κ3) is 6.08. The van der Waals surface area contributed by atoms with Crippen LogP contribution in [0.3, 0.4) is 0 Å². The summed E-state index contributed by atoms with van der Waals surface area (Å²) in [5.74, 6) is 1.25. The Bertz CT molecular complexity index is 2990. The van der Waals surface area contributed by atoms with Crippen LogP contribution in [0.2, 0.25) is 0 Å². The predicted molar refractivity (Wildman–Crippen MR) is 233 cm³/mol. The summed E-state index contributed by atoms with van der Waals surface area (Å²) in [6, 6.07) is 69.9. The van der Waals surface area contributed by atoms with Gasteiger partial charge in [0.05, 0.1) is 0 Å². The van der Waals surface area contributed by atoms with E-state index in [2.05, 4.69) is 167 Å². The molecule has 11 aromatic rings.